The zero-order chi connectivity index (χ0) is 18.4. The number of nitrogens with zero attached hydrogens (tertiary/aromatic N) is 1. The van der Waals surface area contributed by atoms with Crippen LogP contribution in [0.2, 0.25) is 0 Å². The van der Waals surface area contributed by atoms with Crippen molar-refractivity contribution in [3.8, 4) is 11.3 Å². The van der Waals surface area contributed by atoms with E-state index in [2.05, 4.69) is 90.9 Å². The van der Waals surface area contributed by atoms with E-state index in [0.29, 0.717) is 0 Å². The SMILES string of the molecule is Cc1cc(-c2cc3ccc(C(C)(C)C)cc3cn2)cc(C(C)(C)C)c1. The van der Waals surface area contributed by atoms with Gasteiger partial charge in [0.1, 0.15) is 0 Å². The van der Waals surface area contributed by atoms with Crippen LogP contribution in [0.5, 0.6) is 0 Å². The van der Waals surface area contributed by atoms with E-state index in [9.17, 15) is 0 Å². The lowest BCUT2D eigenvalue weighted by Gasteiger charge is -2.21. The maximum Gasteiger partial charge on any atom is 0.0708 e. The van der Waals surface area contributed by atoms with Crippen LogP contribution in [0.3, 0.4) is 0 Å². The highest BCUT2D eigenvalue weighted by Crippen LogP contribution is 2.31. The first-order valence-electron chi connectivity index (χ1n) is 9.07. The molecule has 3 aromatic rings. The van der Waals surface area contributed by atoms with Crippen LogP contribution in [0.25, 0.3) is 22.0 Å². The number of aromatic nitrogens is 1. The minimum Gasteiger partial charge on any atom is -0.256 e. The number of rotatable bonds is 1. The Morgan fingerprint density at radius 3 is 2.00 bits per heavy atom. The van der Waals surface area contributed by atoms with Crippen LogP contribution in [0.1, 0.15) is 58.2 Å². The van der Waals surface area contributed by atoms with Crippen LogP contribution < -0.4 is 0 Å². The zero-order valence-corrected chi connectivity index (χ0v) is 16.6. The standard InChI is InChI=1S/C24H29N/c1-16-10-18(12-21(11-16)24(5,6)7)22-14-17-8-9-20(23(2,3)4)13-19(17)15-25-22/h8-15H,1-7H3. The second kappa shape index (κ2) is 5.98. The highest BCUT2D eigenvalue weighted by molar-refractivity contribution is 5.86. The highest BCUT2D eigenvalue weighted by Gasteiger charge is 2.16. The molecule has 0 spiro atoms. The monoisotopic (exact) mass is 331 g/mol. The molecule has 0 amide bonds. The molecule has 0 atom stereocenters. The van der Waals surface area contributed by atoms with Crippen LogP contribution in [-0.4, -0.2) is 4.98 Å². The molecule has 1 heterocycles. The number of benzene rings is 2. The summed E-state index contributed by atoms with van der Waals surface area (Å²) in [6, 6.07) is 15.7. The molecule has 130 valence electrons. The summed E-state index contributed by atoms with van der Waals surface area (Å²) in [4.78, 5) is 4.76. The topological polar surface area (TPSA) is 12.9 Å². The number of hydrogen-bond acceptors (Lipinski definition) is 1. The largest absolute Gasteiger partial charge is 0.256 e. The van der Waals surface area contributed by atoms with Gasteiger partial charge < -0.3 is 0 Å². The first-order chi connectivity index (χ1) is 11.5. The summed E-state index contributed by atoms with van der Waals surface area (Å²) in [5, 5.41) is 2.46. The van der Waals surface area contributed by atoms with Crippen molar-refractivity contribution in [3.63, 3.8) is 0 Å². The minimum absolute atomic E-state index is 0.138. The quantitative estimate of drug-likeness (QED) is 0.477. The average Bonchev–Trinajstić information content (AvgIpc) is 2.51. The molecule has 0 saturated carbocycles. The van der Waals surface area contributed by atoms with Gasteiger partial charge in [-0.15, -0.1) is 0 Å². The lowest BCUT2D eigenvalue weighted by molar-refractivity contribution is 0.590. The Balaban J connectivity index is 2.10. The fourth-order valence-electron chi connectivity index (χ4n) is 3.13. The predicted octanol–water partition coefficient (Wildman–Crippen LogP) is 6.81. The predicted molar refractivity (Wildman–Crippen MR) is 109 cm³/mol. The molecule has 0 N–H and O–H groups in total. The van der Waals surface area contributed by atoms with Gasteiger partial charge in [0.2, 0.25) is 0 Å². The molecule has 25 heavy (non-hydrogen) atoms. The molecule has 0 aliphatic rings. The third-order valence-corrected chi connectivity index (χ3v) is 4.83. The third kappa shape index (κ3) is 3.76. The van der Waals surface area contributed by atoms with Gasteiger partial charge in [-0.3, -0.25) is 4.98 Å². The fourth-order valence-corrected chi connectivity index (χ4v) is 3.13. The molecule has 0 aliphatic carbocycles. The molecule has 1 heteroatoms. The third-order valence-electron chi connectivity index (χ3n) is 4.83. The van der Waals surface area contributed by atoms with Crippen molar-refractivity contribution in [1.82, 2.24) is 4.98 Å². The van der Waals surface area contributed by atoms with E-state index in [-0.39, 0.29) is 10.8 Å². The Morgan fingerprint density at radius 2 is 1.36 bits per heavy atom. The van der Waals surface area contributed by atoms with Crippen molar-refractivity contribution in [2.45, 2.75) is 59.3 Å². The minimum atomic E-state index is 0.138. The van der Waals surface area contributed by atoms with E-state index in [0.717, 1.165) is 5.69 Å². The number of aryl methyl sites for hydroxylation is 1. The Labute approximate surface area is 152 Å². The van der Waals surface area contributed by atoms with Crippen molar-refractivity contribution < 1.29 is 0 Å². The molecule has 0 bridgehead atoms. The number of pyridine rings is 1. The zero-order valence-electron chi connectivity index (χ0n) is 16.6. The molecule has 3 rings (SSSR count). The first-order valence-corrected chi connectivity index (χ1v) is 9.07. The fraction of sp³-hybridized carbons (Fsp3) is 0.375. The molecule has 0 fully saturated rings. The van der Waals surface area contributed by atoms with Crippen LogP contribution >= 0.6 is 0 Å². The van der Waals surface area contributed by atoms with E-state index in [1.165, 1.54) is 33.0 Å². The molecule has 0 aliphatic heterocycles. The van der Waals surface area contributed by atoms with Crippen LogP contribution in [-0.2, 0) is 10.8 Å². The lowest BCUT2D eigenvalue weighted by atomic mass is 9.84. The van der Waals surface area contributed by atoms with E-state index in [4.69, 9.17) is 4.98 Å². The lowest BCUT2D eigenvalue weighted by Crippen LogP contribution is -2.11. The molecule has 0 unspecified atom stereocenters. The van der Waals surface area contributed by atoms with Crippen LogP contribution in [0.15, 0.2) is 48.7 Å². The average molecular weight is 332 g/mol. The molecular weight excluding hydrogens is 302 g/mol. The van der Waals surface area contributed by atoms with Gasteiger partial charge in [-0.25, -0.2) is 0 Å². The second-order valence-corrected chi connectivity index (χ2v) is 9.22. The Morgan fingerprint density at radius 1 is 0.680 bits per heavy atom. The summed E-state index contributed by atoms with van der Waals surface area (Å²) in [5.41, 5.74) is 6.53. The molecule has 0 radical (unpaired) electrons. The number of fused-ring (bicyclic) bond motifs is 1. The smallest absolute Gasteiger partial charge is 0.0708 e. The van der Waals surface area contributed by atoms with Crippen molar-refractivity contribution in [1.29, 1.82) is 0 Å². The Bertz CT molecular complexity index is 921. The normalized spacial score (nSPS) is 12.6. The van der Waals surface area contributed by atoms with E-state index in [1.54, 1.807) is 0 Å². The van der Waals surface area contributed by atoms with E-state index < -0.39 is 0 Å². The maximum absolute atomic E-state index is 4.76. The van der Waals surface area contributed by atoms with Gasteiger partial charge in [0.25, 0.3) is 0 Å². The van der Waals surface area contributed by atoms with Gasteiger partial charge in [0, 0.05) is 17.1 Å². The molecule has 1 nitrogen and oxygen atoms in total. The summed E-state index contributed by atoms with van der Waals surface area (Å²) >= 11 is 0. The molecule has 0 saturated heterocycles. The van der Waals surface area contributed by atoms with Crippen molar-refractivity contribution in [3.05, 3.63) is 65.4 Å². The number of hydrogen-bond donors (Lipinski definition) is 0. The van der Waals surface area contributed by atoms with E-state index in [1.807, 2.05) is 6.20 Å². The summed E-state index contributed by atoms with van der Waals surface area (Å²) in [6.45, 7) is 15.7. The highest BCUT2D eigenvalue weighted by atomic mass is 14.7. The Hall–Kier alpha value is -2.15. The van der Waals surface area contributed by atoms with Gasteiger partial charge in [-0.05, 0) is 58.5 Å². The second-order valence-electron chi connectivity index (χ2n) is 9.22. The molecular formula is C24H29N. The van der Waals surface area contributed by atoms with Gasteiger partial charge >= 0.3 is 0 Å². The van der Waals surface area contributed by atoms with E-state index >= 15 is 0 Å². The van der Waals surface area contributed by atoms with Crippen molar-refractivity contribution >= 4 is 10.8 Å². The van der Waals surface area contributed by atoms with Crippen molar-refractivity contribution in [2.24, 2.45) is 0 Å². The van der Waals surface area contributed by atoms with Gasteiger partial charge in [0.05, 0.1) is 5.69 Å². The molecule has 1 aromatic heterocycles. The van der Waals surface area contributed by atoms with Gasteiger partial charge in [0.15, 0.2) is 0 Å². The Kier molecular flexibility index (Phi) is 4.23. The summed E-state index contributed by atoms with van der Waals surface area (Å²) < 4.78 is 0. The van der Waals surface area contributed by atoms with Crippen molar-refractivity contribution in [2.75, 3.05) is 0 Å². The van der Waals surface area contributed by atoms with Crippen LogP contribution in [0, 0.1) is 6.92 Å². The summed E-state index contributed by atoms with van der Waals surface area (Å²) in [6.07, 6.45) is 2.01. The molecule has 2 aromatic carbocycles. The van der Waals surface area contributed by atoms with Gasteiger partial charge in [-0.2, -0.15) is 0 Å². The van der Waals surface area contributed by atoms with Crippen LogP contribution in [0.4, 0.5) is 0 Å². The van der Waals surface area contributed by atoms with Gasteiger partial charge in [-0.1, -0.05) is 65.3 Å². The summed E-state index contributed by atoms with van der Waals surface area (Å²) in [5.74, 6) is 0. The first kappa shape index (κ1) is 17.7. The maximum atomic E-state index is 4.76. The summed E-state index contributed by atoms with van der Waals surface area (Å²) in [7, 11) is 0.